The molecule has 0 atom stereocenters. The molecule has 0 unspecified atom stereocenters. The highest BCUT2D eigenvalue weighted by Crippen LogP contribution is 2.33. The van der Waals surface area contributed by atoms with E-state index in [4.69, 9.17) is 9.47 Å². The van der Waals surface area contributed by atoms with Crippen LogP contribution in [-0.4, -0.2) is 64.9 Å². The van der Waals surface area contributed by atoms with Crippen LogP contribution in [0, 0.1) is 0 Å². The minimum Gasteiger partial charge on any atom is -0.493 e. The van der Waals surface area contributed by atoms with Gasteiger partial charge in [-0.15, -0.1) is 10.2 Å². The Balaban J connectivity index is 1.32. The number of alkyl halides is 3. The van der Waals surface area contributed by atoms with Crippen LogP contribution in [0.4, 0.5) is 18.9 Å². The molecule has 8 nitrogen and oxygen atoms in total. The van der Waals surface area contributed by atoms with Crippen molar-refractivity contribution in [3.8, 4) is 11.5 Å². The standard InChI is InChI=1S/C23H23F3N6O2/c1-33-19-11-17-18(12-20(19)34-2)27-14-32-21(28-29-22(17)32)13-30-6-8-31(9-7-30)16-5-3-4-15(10-16)23(24,25)26/h3-5,10-12,14H,6-9,13H2,1-2H3. The highest BCUT2D eigenvalue weighted by Gasteiger charge is 2.31. The number of nitrogens with zero attached hydrogens (tertiary/aromatic N) is 6. The van der Waals surface area contributed by atoms with Crippen LogP contribution in [-0.2, 0) is 12.7 Å². The van der Waals surface area contributed by atoms with E-state index in [2.05, 4.69) is 20.1 Å². The number of aromatic nitrogens is 4. The molecule has 2 aromatic carbocycles. The van der Waals surface area contributed by atoms with E-state index in [1.165, 1.54) is 12.1 Å². The van der Waals surface area contributed by atoms with Gasteiger partial charge in [-0.3, -0.25) is 9.30 Å². The molecule has 3 heterocycles. The van der Waals surface area contributed by atoms with Crippen molar-refractivity contribution in [2.75, 3.05) is 45.3 Å². The highest BCUT2D eigenvalue weighted by atomic mass is 19.4. The molecule has 11 heteroatoms. The summed E-state index contributed by atoms with van der Waals surface area (Å²) in [6.45, 7) is 3.18. The largest absolute Gasteiger partial charge is 0.493 e. The topological polar surface area (TPSA) is 68.0 Å². The lowest BCUT2D eigenvalue weighted by Gasteiger charge is -2.36. The Labute approximate surface area is 193 Å². The van der Waals surface area contributed by atoms with Crippen LogP contribution in [0.25, 0.3) is 16.6 Å². The Kier molecular flexibility index (Phi) is 5.64. The molecule has 0 radical (unpaired) electrons. The van der Waals surface area contributed by atoms with Crippen LogP contribution >= 0.6 is 0 Å². The molecule has 4 aromatic rings. The first-order valence-corrected chi connectivity index (χ1v) is 10.8. The Morgan fingerprint density at radius 3 is 2.38 bits per heavy atom. The molecule has 0 bridgehead atoms. The Morgan fingerprint density at radius 2 is 1.68 bits per heavy atom. The van der Waals surface area contributed by atoms with Gasteiger partial charge in [-0.25, -0.2) is 4.98 Å². The highest BCUT2D eigenvalue weighted by molar-refractivity contribution is 5.93. The number of benzene rings is 2. The molecule has 0 aliphatic carbocycles. The lowest BCUT2D eigenvalue weighted by molar-refractivity contribution is -0.137. The maximum atomic E-state index is 13.1. The summed E-state index contributed by atoms with van der Waals surface area (Å²) in [4.78, 5) is 8.71. The molecular weight excluding hydrogens is 449 g/mol. The first-order valence-electron chi connectivity index (χ1n) is 10.8. The van der Waals surface area contributed by atoms with Crippen molar-refractivity contribution in [2.24, 2.45) is 0 Å². The van der Waals surface area contributed by atoms with Crippen molar-refractivity contribution < 1.29 is 22.6 Å². The normalized spacial score (nSPS) is 15.3. The molecule has 1 aliphatic heterocycles. The summed E-state index contributed by atoms with van der Waals surface area (Å²) in [6, 6.07) is 9.12. The molecule has 178 valence electrons. The number of anilines is 1. The predicted molar refractivity (Wildman–Crippen MR) is 120 cm³/mol. The summed E-state index contributed by atoms with van der Waals surface area (Å²) >= 11 is 0. The summed E-state index contributed by atoms with van der Waals surface area (Å²) in [6.07, 6.45) is -2.66. The maximum absolute atomic E-state index is 13.1. The summed E-state index contributed by atoms with van der Waals surface area (Å²) in [7, 11) is 3.15. The molecule has 0 amide bonds. The fraction of sp³-hybridized carbons (Fsp3) is 0.348. The second-order valence-corrected chi connectivity index (χ2v) is 8.09. The van der Waals surface area contributed by atoms with Crippen LogP contribution in [0.15, 0.2) is 42.7 Å². The molecule has 1 saturated heterocycles. The third kappa shape index (κ3) is 4.07. The minimum absolute atomic E-state index is 0.554. The lowest BCUT2D eigenvalue weighted by Crippen LogP contribution is -2.46. The zero-order valence-electron chi connectivity index (χ0n) is 18.7. The van der Waals surface area contributed by atoms with Crippen LogP contribution in [0.2, 0.25) is 0 Å². The summed E-state index contributed by atoms with van der Waals surface area (Å²) in [5.41, 5.74) is 1.35. The molecule has 0 saturated carbocycles. The fourth-order valence-electron chi connectivity index (χ4n) is 4.25. The van der Waals surface area contributed by atoms with E-state index in [0.717, 1.165) is 22.8 Å². The van der Waals surface area contributed by atoms with Gasteiger partial charge >= 0.3 is 6.18 Å². The molecule has 0 spiro atoms. The maximum Gasteiger partial charge on any atom is 0.416 e. The molecule has 2 aromatic heterocycles. The smallest absolute Gasteiger partial charge is 0.416 e. The molecule has 34 heavy (non-hydrogen) atoms. The second-order valence-electron chi connectivity index (χ2n) is 8.09. The van der Waals surface area contributed by atoms with E-state index in [1.54, 1.807) is 32.7 Å². The SMILES string of the molecule is COc1cc2ncn3c(CN4CCN(c5cccc(C(F)(F)F)c5)CC4)nnc3c2cc1OC. The van der Waals surface area contributed by atoms with E-state index in [1.807, 2.05) is 15.4 Å². The van der Waals surface area contributed by atoms with E-state index >= 15 is 0 Å². The van der Waals surface area contributed by atoms with Gasteiger partial charge in [-0.2, -0.15) is 13.2 Å². The quantitative estimate of drug-likeness (QED) is 0.439. The summed E-state index contributed by atoms with van der Waals surface area (Å²) in [5.74, 6) is 1.91. The molecule has 5 rings (SSSR count). The minimum atomic E-state index is -4.35. The van der Waals surface area contributed by atoms with Crippen molar-refractivity contribution in [3.63, 3.8) is 0 Å². The number of ether oxygens (including phenoxy) is 2. The van der Waals surface area contributed by atoms with Gasteiger partial charge in [0.15, 0.2) is 23.0 Å². The Morgan fingerprint density at radius 1 is 0.941 bits per heavy atom. The predicted octanol–water partition coefficient (Wildman–Crippen LogP) is 3.64. The molecular formula is C23H23F3N6O2. The first kappa shape index (κ1) is 22.2. The van der Waals surface area contributed by atoms with Crippen LogP contribution in [0.1, 0.15) is 11.4 Å². The fourth-order valence-corrected chi connectivity index (χ4v) is 4.25. The van der Waals surface area contributed by atoms with E-state index in [-0.39, 0.29) is 0 Å². The zero-order valence-corrected chi connectivity index (χ0v) is 18.7. The average Bonchev–Trinajstić information content (AvgIpc) is 3.26. The number of halogens is 3. The van der Waals surface area contributed by atoms with Gasteiger partial charge in [0, 0.05) is 43.3 Å². The van der Waals surface area contributed by atoms with Crippen molar-refractivity contribution in [3.05, 3.63) is 54.1 Å². The van der Waals surface area contributed by atoms with Crippen molar-refractivity contribution in [1.29, 1.82) is 0 Å². The van der Waals surface area contributed by atoms with Gasteiger partial charge < -0.3 is 14.4 Å². The van der Waals surface area contributed by atoms with Crippen LogP contribution in [0.5, 0.6) is 11.5 Å². The van der Waals surface area contributed by atoms with Gasteiger partial charge in [0.05, 0.1) is 31.8 Å². The number of fused-ring (bicyclic) bond motifs is 3. The zero-order chi connectivity index (χ0) is 23.9. The Bertz CT molecular complexity index is 1330. The summed E-state index contributed by atoms with van der Waals surface area (Å²) < 4.78 is 51.8. The number of methoxy groups -OCH3 is 2. The molecule has 0 N–H and O–H groups in total. The lowest BCUT2D eigenvalue weighted by atomic mass is 10.1. The molecule has 1 aliphatic rings. The second kappa shape index (κ2) is 8.64. The van der Waals surface area contributed by atoms with Crippen molar-refractivity contribution in [2.45, 2.75) is 12.7 Å². The van der Waals surface area contributed by atoms with E-state index in [9.17, 15) is 13.2 Å². The van der Waals surface area contributed by atoms with E-state index < -0.39 is 11.7 Å². The number of hydrogen-bond donors (Lipinski definition) is 0. The number of hydrogen-bond acceptors (Lipinski definition) is 7. The van der Waals surface area contributed by atoms with Gasteiger partial charge in [0.25, 0.3) is 0 Å². The monoisotopic (exact) mass is 472 g/mol. The molecule has 1 fully saturated rings. The number of rotatable bonds is 5. The third-order valence-corrected chi connectivity index (χ3v) is 6.10. The third-order valence-electron chi connectivity index (χ3n) is 6.10. The Hall–Kier alpha value is -3.60. The van der Waals surface area contributed by atoms with Gasteiger partial charge in [-0.1, -0.05) is 6.07 Å². The van der Waals surface area contributed by atoms with Crippen LogP contribution < -0.4 is 14.4 Å². The first-order chi connectivity index (χ1) is 16.4. The average molecular weight is 472 g/mol. The van der Waals surface area contributed by atoms with Crippen LogP contribution in [0.3, 0.4) is 0 Å². The van der Waals surface area contributed by atoms with Gasteiger partial charge in [0.1, 0.15) is 6.33 Å². The van der Waals surface area contributed by atoms with Gasteiger partial charge in [-0.05, 0) is 24.3 Å². The van der Waals surface area contributed by atoms with Crippen molar-refractivity contribution >= 4 is 22.2 Å². The number of piperazine rings is 1. The van der Waals surface area contributed by atoms with E-state index in [0.29, 0.717) is 55.6 Å². The summed E-state index contributed by atoms with van der Waals surface area (Å²) in [5, 5.41) is 9.54. The van der Waals surface area contributed by atoms with Crippen molar-refractivity contribution in [1.82, 2.24) is 24.5 Å². The van der Waals surface area contributed by atoms with Gasteiger partial charge in [0.2, 0.25) is 0 Å².